The molecule has 164 valence electrons. The van der Waals surface area contributed by atoms with Gasteiger partial charge in [0.15, 0.2) is 0 Å². The molecule has 0 saturated heterocycles. The van der Waals surface area contributed by atoms with Crippen LogP contribution < -0.4 is 14.2 Å². The Morgan fingerprint density at radius 1 is 1.00 bits per heavy atom. The van der Waals surface area contributed by atoms with Gasteiger partial charge in [-0.05, 0) is 54.1 Å². The topological polar surface area (TPSA) is 77.5 Å². The third-order valence-electron chi connectivity index (χ3n) is 4.10. The van der Waals surface area contributed by atoms with E-state index in [1.165, 1.54) is 25.4 Å². The molecule has 3 rings (SSSR count). The predicted octanol–water partition coefficient (Wildman–Crippen LogP) is 4.52. The number of nitrogens with one attached hydrogen (secondary N) is 1. The number of aromatic nitrogens is 1. The number of halogens is 4. The maximum Gasteiger partial charge on any atom is 0.419 e. The third kappa shape index (κ3) is 5.70. The Bertz CT molecular complexity index is 1170. The molecular formula is C20H16F4N2O4S. The van der Waals surface area contributed by atoms with Crippen LogP contribution in [0.3, 0.4) is 0 Å². The highest BCUT2D eigenvalue weighted by atomic mass is 32.2. The van der Waals surface area contributed by atoms with Gasteiger partial charge in [0.05, 0.1) is 17.6 Å². The quantitative estimate of drug-likeness (QED) is 0.529. The predicted molar refractivity (Wildman–Crippen MR) is 103 cm³/mol. The van der Waals surface area contributed by atoms with Crippen molar-refractivity contribution in [2.75, 3.05) is 7.11 Å². The van der Waals surface area contributed by atoms with Gasteiger partial charge in [0.2, 0.25) is 15.9 Å². The minimum Gasteiger partial charge on any atom is -0.497 e. The van der Waals surface area contributed by atoms with Crippen molar-refractivity contribution in [2.24, 2.45) is 0 Å². The first-order valence-corrected chi connectivity index (χ1v) is 10.2. The molecule has 0 aliphatic heterocycles. The first-order valence-electron chi connectivity index (χ1n) is 8.72. The highest BCUT2D eigenvalue weighted by Gasteiger charge is 2.35. The fraction of sp³-hybridized carbons (Fsp3) is 0.150. The lowest BCUT2D eigenvalue weighted by Gasteiger charge is -2.12. The van der Waals surface area contributed by atoms with Crippen molar-refractivity contribution in [3.8, 4) is 17.4 Å². The van der Waals surface area contributed by atoms with Crippen molar-refractivity contribution >= 4 is 10.0 Å². The van der Waals surface area contributed by atoms with Crippen LogP contribution in [0.4, 0.5) is 17.6 Å². The number of alkyl halides is 3. The number of ether oxygens (including phenoxy) is 2. The van der Waals surface area contributed by atoms with Crippen molar-refractivity contribution in [2.45, 2.75) is 17.6 Å². The Kier molecular flexibility index (Phi) is 6.46. The summed E-state index contributed by atoms with van der Waals surface area (Å²) in [6.07, 6.45) is -3.63. The summed E-state index contributed by atoms with van der Waals surface area (Å²) in [7, 11) is -2.80. The Hall–Kier alpha value is -3.18. The van der Waals surface area contributed by atoms with Crippen molar-refractivity contribution in [1.29, 1.82) is 0 Å². The van der Waals surface area contributed by atoms with E-state index >= 15 is 0 Å². The number of methoxy groups -OCH3 is 1. The third-order valence-corrected chi connectivity index (χ3v) is 5.50. The minimum atomic E-state index is -5.02. The molecule has 0 atom stereocenters. The molecule has 0 bridgehead atoms. The van der Waals surface area contributed by atoms with Crippen molar-refractivity contribution in [3.05, 3.63) is 77.7 Å². The van der Waals surface area contributed by atoms with Gasteiger partial charge in [-0.15, -0.1) is 0 Å². The van der Waals surface area contributed by atoms with E-state index in [1.54, 1.807) is 24.3 Å². The average Bonchev–Trinajstić information content (AvgIpc) is 2.72. The largest absolute Gasteiger partial charge is 0.497 e. The second kappa shape index (κ2) is 8.90. The Morgan fingerprint density at radius 2 is 1.68 bits per heavy atom. The zero-order chi connectivity index (χ0) is 22.6. The highest BCUT2D eigenvalue weighted by molar-refractivity contribution is 7.89. The van der Waals surface area contributed by atoms with E-state index < -0.39 is 32.5 Å². The molecule has 1 aromatic heterocycles. The molecule has 0 fully saturated rings. The first-order chi connectivity index (χ1) is 14.6. The van der Waals surface area contributed by atoms with E-state index in [0.29, 0.717) is 23.1 Å². The summed E-state index contributed by atoms with van der Waals surface area (Å²) in [4.78, 5) is 3.33. The monoisotopic (exact) mass is 456 g/mol. The molecule has 0 aliphatic carbocycles. The summed E-state index contributed by atoms with van der Waals surface area (Å²) < 4.78 is 89.5. The second-order valence-electron chi connectivity index (χ2n) is 6.24. The van der Waals surface area contributed by atoms with Crippen LogP contribution in [0, 0.1) is 5.82 Å². The van der Waals surface area contributed by atoms with Gasteiger partial charge in [0, 0.05) is 18.8 Å². The van der Waals surface area contributed by atoms with Crippen LogP contribution in [0.25, 0.3) is 0 Å². The molecular weight excluding hydrogens is 440 g/mol. The number of rotatable bonds is 7. The van der Waals surface area contributed by atoms with E-state index in [1.807, 2.05) is 0 Å². The number of hydrogen-bond donors (Lipinski definition) is 1. The smallest absolute Gasteiger partial charge is 0.419 e. The molecule has 0 aliphatic rings. The Labute approximate surface area is 175 Å². The Balaban J connectivity index is 1.72. The number of pyridine rings is 1. The first kappa shape index (κ1) is 22.5. The number of sulfonamides is 1. The molecule has 1 heterocycles. The van der Waals surface area contributed by atoms with Crippen LogP contribution in [0.15, 0.2) is 65.7 Å². The van der Waals surface area contributed by atoms with Gasteiger partial charge in [-0.1, -0.05) is 0 Å². The van der Waals surface area contributed by atoms with Gasteiger partial charge < -0.3 is 9.47 Å². The SMILES string of the molecule is COc1ccc(Oc2cc(CNS(=O)(=O)c3ccc(F)c(C(F)(F)F)c3)ccn2)cc1. The van der Waals surface area contributed by atoms with Crippen LogP contribution in [-0.2, 0) is 22.7 Å². The van der Waals surface area contributed by atoms with Crippen LogP contribution in [0.1, 0.15) is 11.1 Å². The van der Waals surface area contributed by atoms with Crippen molar-refractivity contribution in [1.82, 2.24) is 9.71 Å². The molecule has 11 heteroatoms. The van der Waals surface area contributed by atoms with E-state index in [4.69, 9.17) is 9.47 Å². The molecule has 6 nitrogen and oxygen atoms in total. The van der Waals surface area contributed by atoms with E-state index in [2.05, 4.69) is 9.71 Å². The molecule has 2 aromatic carbocycles. The second-order valence-corrected chi connectivity index (χ2v) is 8.01. The number of nitrogens with zero attached hydrogens (tertiary/aromatic N) is 1. The van der Waals surface area contributed by atoms with Gasteiger partial charge in [-0.2, -0.15) is 13.2 Å². The highest BCUT2D eigenvalue weighted by Crippen LogP contribution is 2.32. The lowest BCUT2D eigenvalue weighted by Crippen LogP contribution is -2.24. The fourth-order valence-electron chi connectivity index (χ4n) is 2.53. The van der Waals surface area contributed by atoms with Crippen molar-refractivity contribution in [3.63, 3.8) is 0 Å². The Morgan fingerprint density at radius 3 is 2.32 bits per heavy atom. The summed E-state index contributed by atoms with van der Waals surface area (Å²) in [5, 5.41) is 0. The van der Waals surface area contributed by atoms with Crippen LogP contribution >= 0.6 is 0 Å². The summed E-state index contributed by atoms with van der Waals surface area (Å²) in [5.41, 5.74) is -1.21. The fourth-order valence-corrected chi connectivity index (χ4v) is 3.57. The molecule has 0 spiro atoms. The number of benzene rings is 2. The summed E-state index contributed by atoms with van der Waals surface area (Å²) in [6, 6.07) is 11.1. The molecule has 0 amide bonds. The zero-order valence-electron chi connectivity index (χ0n) is 16.0. The molecule has 3 aromatic rings. The van der Waals surface area contributed by atoms with Crippen LogP contribution in [0.2, 0.25) is 0 Å². The average molecular weight is 456 g/mol. The summed E-state index contributed by atoms with van der Waals surface area (Å²) >= 11 is 0. The van der Waals surface area contributed by atoms with Gasteiger partial charge in [-0.3, -0.25) is 0 Å². The molecule has 0 radical (unpaired) electrons. The van der Waals surface area contributed by atoms with Gasteiger partial charge in [-0.25, -0.2) is 22.5 Å². The minimum absolute atomic E-state index is 0.183. The summed E-state index contributed by atoms with van der Waals surface area (Å²) in [6.45, 7) is -0.247. The van der Waals surface area contributed by atoms with Crippen LogP contribution in [-0.4, -0.2) is 20.5 Å². The van der Waals surface area contributed by atoms with Gasteiger partial charge in [0.1, 0.15) is 17.3 Å². The maximum atomic E-state index is 13.4. The molecule has 0 saturated carbocycles. The maximum absolute atomic E-state index is 13.4. The normalized spacial score (nSPS) is 11.9. The molecule has 0 unspecified atom stereocenters. The summed E-state index contributed by atoms with van der Waals surface area (Å²) in [5.74, 6) is -0.265. The standard InChI is InChI=1S/C20H16F4N2O4S/c1-29-14-2-4-15(5-3-14)30-19-10-13(8-9-25-19)12-26-31(27,28)16-6-7-18(21)17(11-16)20(22,23)24/h2-11,26H,12H2,1H3. The van der Waals surface area contributed by atoms with Crippen LogP contribution in [0.5, 0.6) is 17.4 Å². The van der Waals surface area contributed by atoms with E-state index in [9.17, 15) is 26.0 Å². The van der Waals surface area contributed by atoms with Gasteiger partial charge >= 0.3 is 6.18 Å². The molecule has 31 heavy (non-hydrogen) atoms. The zero-order valence-corrected chi connectivity index (χ0v) is 16.8. The lowest BCUT2D eigenvalue weighted by molar-refractivity contribution is -0.140. The van der Waals surface area contributed by atoms with E-state index in [-0.39, 0.29) is 18.5 Å². The number of hydrogen-bond acceptors (Lipinski definition) is 5. The van der Waals surface area contributed by atoms with Gasteiger partial charge in [0.25, 0.3) is 0 Å². The molecule has 1 N–H and O–H groups in total. The lowest BCUT2D eigenvalue weighted by atomic mass is 10.2. The van der Waals surface area contributed by atoms with Crippen molar-refractivity contribution < 1.29 is 35.5 Å². The van der Waals surface area contributed by atoms with E-state index in [0.717, 1.165) is 6.07 Å².